The second-order valence-corrected chi connectivity index (χ2v) is 5.12. The summed E-state index contributed by atoms with van der Waals surface area (Å²) in [6, 6.07) is 0.414. The van der Waals surface area contributed by atoms with Gasteiger partial charge in [0.05, 0.1) is 5.92 Å². The molecule has 2 rings (SSSR count). The van der Waals surface area contributed by atoms with Gasteiger partial charge in [0.1, 0.15) is 0 Å². The maximum absolute atomic E-state index is 12.4. The molecular formula is C13H22N2O2. The topological polar surface area (TPSA) is 49.4 Å². The number of carbonyl (C=O) groups is 2. The summed E-state index contributed by atoms with van der Waals surface area (Å²) < 4.78 is 0. The largest absolute Gasteiger partial charge is 0.355 e. The van der Waals surface area contributed by atoms with Gasteiger partial charge in [-0.05, 0) is 19.8 Å². The van der Waals surface area contributed by atoms with Crippen molar-refractivity contribution in [3.63, 3.8) is 0 Å². The Kier molecular flexibility index (Phi) is 4.02. The first-order valence-electron chi connectivity index (χ1n) is 6.79. The Bertz CT molecular complexity index is 298. The Morgan fingerprint density at radius 3 is 2.59 bits per heavy atom. The van der Waals surface area contributed by atoms with Crippen LogP contribution in [-0.2, 0) is 9.59 Å². The summed E-state index contributed by atoms with van der Waals surface area (Å²) >= 11 is 0. The van der Waals surface area contributed by atoms with Crippen molar-refractivity contribution in [3.05, 3.63) is 0 Å². The molecule has 2 fully saturated rings. The summed E-state index contributed by atoms with van der Waals surface area (Å²) in [7, 11) is 0. The number of hydrogen-bond acceptors (Lipinski definition) is 2. The number of hydrogen-bond donors (Lipinski definition) is 1. The summed E-state index contributed by atoms with van der Waals surface area (Å²) in [6.07, 6.45) is 6.40. The van der Waals surface area contributed by atoms with E-state index in [1.54, 1.807) is 0 Å². The predicted octanol–water partition coefficient (Wildman–Crippen LogP) is 1.30. The molecule has 4 nitrogen and oxygen atoms in total. The summed E-state index contributed by atoms with van der Waals surface area (Å²) in [5, 5.41) is 2.75. The SMILES string of the molecule is CCN(C(=O)C1CNC(=O)C1)C1CCCCC1. The first kappa shape index (κ1) is 12.4. The average Bonchev–Trinajstić information content (AvgIpc) is 2.78. The van der Waals surface area contributed by atoms with E-state index < -0.39 is 0 Å². The van der Waals surface area contributed by atoms with Crippen LogP contribution in [0, 0.1) is 5.92 Å². The van der Waals surface area contributed by atoms with E-state index in [9.17, 15) is 9.59 Å². The zero-order valence-electron chi connectivity index (χ0n) is 10.6. The molecule has 1 saturated carbocycles. The highest BCUT2D eigenvalue weighted by atomic mass is 16.2. The van der Waals surface area contributed by atoms with E-state index in [1.807, 2.05) is 11.8 Å². The normalized spacial score (nSPS) is 25.7. The van der Waals surface area contributed by atoms with E-state index in [2.05, 4.69) is 5.32 Å². The second kappa shape index (κ2) is 5.52. The highest BCUT2D eigenvalue weighted by Crippen LogP contribution is 2.25. The minimum atomic E-state index is -0.121. The van der Waals surface area contributed by atoms with Crippen molar-refractivity contribution in [2.24, 2.45) is 5.92 Å². The lowest BCUT2D eigenvalue weighted by Gasteiger charge is -2.35. The van der Waals surface area contributed by atoms with E-state index in [4.69, 9.17) is 0 Å². The van der Waals surface area contributed by atoms with Gasteiger partial charge in [-0.25, -0.2) is 0 Å². The van der Waals surface area contributed by atoms with E-state index in [-0.39, 0.29) is 17.7 Å². The second-order valence-electron chi connectivity index (χ2n) is 5.12. The molecule has 0 aromatic rings. The van der Waals surface area contributed by atoms with Gasteiger partial charge in [0.2, 0.25) is 11.8 Å². The monoisotopic (exact) mass is 238 g/mol. The molecule has 4 heteroatoms. The van der Waals surface area contributed by atoms with Crippen molar-refractivity contribution in [3.8, 4) is 0 Å². The summed E-state index contributed by atoms with van der Waals surface area (Å²) in [4.78, 5) is 25.5. The maximum atomic E-state index is 12.4. The van der Waals surface area contributed by atoms with Gasteiger partial charge in [-0.15, -0.1) is 0 Å². The van der Waals surface area contributed by atoms with Gasteiger partial charge in [0.25, 0.3) is 0 Å². The smallest absolute Gasteiger partial charge is 0.228 e. The highest BCUT2D eigenvalue weighted by Gasteiger charge is 2.33. The Hall–Kier alpha value is -1.06. The Balaban J connectivity index is 1.96. The quantitative estimate of drug-likeness (QED) is 0.805. The van der Waals surface area contributed by atoms with Gasteiger partial charge in [-0.3, -0.25) is 9.59 Å². The molecule has 1 saturated heterocycles. The first-order valence-corrected chi connectivity index (χ1v) is 6.79. The summed E-state index contributed by atoms with van der Waals surface area (Å²) in [5.74, 6) is 0.0742. The summed E-state index contributed by atoms with van der Waals surface area (Å²) in [6.45, 7) is 3.34. The molecule has 0 radical (unpaired) electrons. The first-order chi connectivity index (χ1) is 8.22. The molecule has 1 aliphatic heterocycles. The van der Waals surface area contributed by atoms with E-state index in [0.29, 0.717) is 19.0 Å². The van der Waals surface area contributed by atoms with Crippen LogP contribution in [0.4, 0.5) is 0 Å². The zero-order valence-corrected chi connectivity index (χ0v) is 10.6. The van der Waals surface area contributed by atoms with Gasteiger partial charge >= 0.3 is 0 Å². The fourth-order valence-corrected chi connectivity index (χ4v) is 3.00. The van der Waals surface area contributed by atoms with Crippen molar-refractivity contribution in [2.45, 2.75) is 51.5 Å². The zero-order chi connectivity index (χ0) is 12.3. The van der Waals surface area contributed by atoms with Crippen LogP contribution in [0.15, 0.2) is 0 Å². The number of carbonyl (C=O) groups excluding carboxylic acids is 2. The lowest BCUT2D eigenvalue weighted by atomic mass is 9.93. The molecule has 2 amide bonds. The lowest BCUT2D eigenvalue weighted by Crippen LogP contribution is -2.44. The predicted molar refractivity (Wildman–Crippen MR) is 65.4 cm³/mol. The molecule has 96 valence electrons. The van der Waals surface area contributed by atoms with Gasteiger partial charge in [-0.2, -0.15) is 0 Å². The minimum Gasteiger partial charge on any atom is -0.355 e. The molecule has 0 spiro atoms. The van der Waals surface area contributed by atoms with Crippen LogP contribution in [-0.4, -0.2) is 35.8 Å². The standard InChI is InChI=1S/C13H22N2O2/c1-2-15(11-6-4-3-5-7-11)13(17)10-8-12(16)14-9-10/h10-11H,2-9H2,1H3,(H,14,16). The Morgan fingerprint density at radius 1 is 1.35 bits per heavy atom. The number of rotatable bonds is 3. The molecule has 1 aliphatic carbocycles. The number of nitrogens with one attached hydrogen (secondary N) is 1. The van der Waals surface area contributed by atoms with E-state index in [1.165, 1.54) is 19.3 Å². The number of amides is 2. The van der Waals surface area contributed by atoms with Crippen LogP contribution in [0.3, 0.4) is 0 Å². The highest BCUT2D eigenvalue weighted by molar-refractivity contribution is 5.89. The third-order valence-corrected chi connectivity index (χ3v) is 3.97. The molecular weight excluding hydrogens is 216 g/mol. The van der Waals surface area contributed by atoms with E-state index >= 15 is 0 Å². The van der Waals surface area contributed by atoms with Crippen molar-refractivity contribution in [2.75, 3.05) is 13.1 Å². The fraction of sp³-hybridized carbons (Fsp3) is 0.846. The van der Waals surface area contributed by atoms with Crippen LogP contribution in [0.2, 0.25) is 0 Å². The molecule has 17 heavy (non-hydrogen) atoms. The van der Waals surface area contributed by atoms with E-state index in [0.717, 1.165) is 19.4 Å². The van der Waals surface area contributed by atoms with Crippen molar-refractivity contribution in [1.82, 2.24) is 10.2 Å². The van der Waals surface area contributed by atoms with Crippen molar-refractivity contribution < 1.29 is 9.59 Å². The van der Waals surface area contributed by atoms with Crippen molar-refractivity contribution >= 4 is 11.8 Å². The van der Waals surface area contributed by atoms with Crippen LogP contribution < -0.4 is 5.32 Å². The van der Waals surface area contributed by atoms with Gasteiger partial charge < -0.3 is 10.2 Å². The molecule has 1 unspecified atom stereocenters. The minimum absolute atomic E-state index is 0.0167. The van der Waals surface area contributed by atoms with Crippen LogP contribution in [0.5, 0.6) is 0 Å². The van der Waals surface area contributed by atoms with Crippen LogP contribution in [0.1, 0.15) is 45.4 Å². The van der Waals surface area contributed by atoms with Gasteiger partial charge in [0, 0.05) is 25.6 Å². The van der Waals surface area contributed by atoms with Gasteiger partial charge in [-0.1, -0.05) is 19.3 Å². The summed E-state index contributed by atoms with van der Waals surface area (Å²) in [5.41, 5.74) is 0. The molecule has 1 heterocycles. The molecule has 0 aromatic carbocycles. The van der Waals surface area contributed by atoms with Crippen LogP contribution >= 0.6 is 0 Å². The maximum Gasteiger partial charge on any atom is 0.228 e. The van der Waals surface area contributed by atoms with Gasteiger partial charge in [0.15, 0.2) is 0 Å². The van der Waals surface area contributed by atoms with Crippen LogP contribution in [0.25, 0.3) is 0 Å². The Morgan fingerprint density at radius 2 is 2.06 bits per heavy atom. The molecule has 1 N–H and O–H groups in total. The average molecular weight is 238 g/mol. The lowest BCUT2D eigenvalue weighted by molar-refractivity contribution is -0.138. The third-order valence-electron chi connectivity index (χ3n) is 3.97. The Labute approximate surface area is 103 Å². The molecule has 1 atom stereocenters. The van der Waals surface area contributed by atoms with Crippen molar-refractivity contribution in [1.29, 1.82) is 0 Å². The fourth-order valence-electron chi connectivity index (χ4n) is 3.00. The molecule has 0 aromatic heterocycles. The number of nitrogens with zero attached hydrogens (tertiary/aromatic N) is 1. The third kappa shape index (κ3) is 2.79. The molecule has 0 bridgehead atoms. The molecule has 2 aliphatic rings.